The fourth-order valence-electron chi connectivity index (χ4n) is 1.95. The minimum atomic E-state index is -0.305. The molecular weight excluding hydrogens is 284 g/mol. The number of nitrogens with zero attached hydrogens (tertiary/aromatic N) is 1. The first-order valence-corrected chi connectivity index (χ1v) is 6.58. The Kier molecular flexibility index (Phi) is 3.99. The minimum Gasteiger partial charge on any atom is -0.444 e. The largest absolute Gasteiger partial charge is 0.444 e. The van der Waals surface area contributed by atoms with Gasteiger partial charge in [0, 0.05) is 5.71 Å². The highest BCUT2D eigenvalue weighted by Crippen LogP contribution is 2.20. The number of furan rings is 1. The fourth-order valence-corrected chi connectivity index (χ4v) is 2.26. The van der Waals surface area contributed by atoms with E-state index in [9.17, 15) is 4.79 Å². The third kappa shape index (κ3) is 3.19. The second-order valence-corrected chi connectivity index (χ2v) is 5.08. The number of halogens is 1. The molecule has 1 fully saturated rings. The van der Waals surface area contributed by atoms with E-state index in [1.807, 2.05) is 0 Å². The van der Waals surface area contributed by atoms with Crippen molar-refractivity contribution in [1.29, 1.82) is 0 Å². The van der Waals surface area contributed by atoms with Crippen LogP contribution in [0.4, 0.5) is 0 Å². The number of rotatable bonds is 2. The van der Waals surface area contributed by atoms with Crippen LogP contribution in [0.2, 0.25) is 0 Å². The molecule has 5 heteroatoms. The van der Waals surface area contributed by atoms with Crippen molar-refractivity contribution in [3.8, 4) is 0 Å². The summed E-state index contributed by atoms with van der Waals surface area (Å²) in [5.74, 6) is 0.429. The maximum atomic E-state index is 11.7. The molecule has 1 aromatic heterocycles. The number of amides is 1. The Balaban J connectivity index is 1.97. The average Bonchev–Trinajstić information content (AvgIpc) is 2.74. The summed E-state index contributed by atoms with van der Waals surface area (Å²) in [6.45, 7) is 2.15. The van der Waals surface area contributed by atoms with Gasteiger partial charge in [0.2, 0.25) is 0 Å². The molecule has 0 saturated heterocycles. The number of hydrogen-bond acceptors (Lipinski definition) is 3. The van der Waals surface area contributed by atoms with Crippen LogP contribution in [-0.2, 0) is 0 Å². The van der Waals surface area contributed by atoms with Crippen LogP contribution in [0, 0.1) is 5.92 Å². The summed E-state index contributed by atoms with van der Waals surface area (Å²) >= 11 is 3.16. The van der Waals surface area contributed by atoms with Crippen molar-refractivity contribution >= 4 is 27.5 Å². The zero-order valence-electron chi connectivity index (χ0n) is 9.70. The molecule has 0 radical (unpaired) electrons. The molecule has 1 heterocycles. The fraction of sp³-hybridized carbons (Fsp3) is 0.500. The summed E-state index contributed by atoms with van der Waals surface area (Å²) in [6, 6.07) is 3.30. The van der Waals surface area contributed by atoms with Gasteiger partial charge in [-0.2, -0.15) is 5.10 Å². The van der Waals surface area contributed by atoms with Gasteiger partial charge in [0.15, 0.2) is 10.4 Å². The zero-order chi connectivity index (χ0) is 12.3. The van der Waals surface area contributed by atoms with Crippen LogP contribution in [-0.4, -0.2) is 11.6 Å². The predicted octanol–water partition coefficient (Wildman–Crippen LogP) is 3.34. The van der Waals surface area contributed by atoms with Gasteiger partial charge < -0.3 is 4.42 Å². The number of carbonyl (C=O) groups excluding carboxylic acids is 1. The van der Waals surface area contributed by atoms with Crippen molar-refractivity contribution in [1.82, 2.24) is 5.43 Å². The van der Waals surface area contributed by atoms with E-state index in [0.29, 0.717) is 10.6 Å². The van der Waals surface area contributed by atoms with E-state index in [-0.39, 0.29) is 11.7 Å². The molecule has 92 valence electrons. The van der Waals surface area contributed by atoms with E-state index in [1.54, 1.807) is 12.1 Å². The Morgan fingerprint density at radius 1 is 1.53 bits per heavy atom. The highest BCUT2D eigenvalue weighted by atomic mass is 79.9. The smallest absolute Gasteiger partial charge is 0.307 e. The monoisotopic (exact) mass is 298 g/mol. The van der Waals surface area contributed by atoms with Crippen LogP contribution in [0.3, 0.4) is 0 Å². The van der Waals surface area contributed by atoms with Gasteiger partial charge in [-0.15, -0.1) is 0 Å². The molecular formula is C12H15BrN2O2. The second-order valence-electron chi connectivity index (χ2n) is 4.29. The molecule has 1 N–H and O–H groups in total. The summed E-state index contributed by atoms with van der Waals surface area (Å²) in [4.78, 5) is 11.7. The lowest BCUT2D eigenvalue weighted by Gasteiger charge is -2.19. The normalized spacial score (nSPS) is 22.7. The molecule has 2 rings (SSSR count). The zero-order valence-corrected chi connectivity index (χ0v) is 11.3. The van der Waals surface area contributed by atoms with Gasteiger partial charge in [-0.1, -0.05) is 13.3 Å². The van der Waals surface area contributed by atoms with Gasteiger partial charge in [-0.05, 0) is 53.2 Å². The molecule has 1 saturated carbocycles. The van der Waals surface area contributed by atoms with Crippen LogP contribution in [0.25, 0.3) is 0 Å². The SMILES string of the molecule is C[C@H]1CCCCC1=NNC(=O)c1ccc(Br)o1. The Hall–Kier alpha value is -1.10. The number of carbonyl (C=O) groups is 1. The molecule has 0 unspecified atom stereocenters. The Bertz CT molecular complexity index is 439. The molecule has 1 atom stereocenters. The summed E-state index contributed by atoms with van der Waals surface area (Å²) in [5, 5.41) is 4.19. The summed E-state index contributed by atoms with van der Waals surface area (Å²) in [5.41, 5.74) is 3.63. The third-order valence-corrected chi connectivity index (χ3v) is 3.41. The number of hydrazone groups is 1. The van der Waals surface area contributed by atoms with Crippen LogP contribution in [0.5, 0.6) is 0 Å². The van der Waals surface area contributed by atoms with Crippen LogP contribution in [0.15, 0.2) is 26.3 Å². The number of hydrogen-bond donors (Lipinski definition) is 1. The highest BCUT2D eigenvalue weighted by molar-refractivity contribution is 9.10. The van der Waals surface area contributed by atoms with Gasteiger partial charge in [0.1, 0.15) is 0 Å². The number of nitrogens with one attached hydrogen (secondary N) is 1. The quantitative estimate of drug-likeness (QED) is 0.852. The van der Waals surface area contributed by atoms with E-state index >= 15 is 0 Å². The van der Waals surface area contributed by atoms with Crippen molar-refractivity contribution in [2.24, 2.45) is 11.0 Å². The first-order chi connectivity index (χ1) is 8.16. The average molecular weight is 299 g/mol. The van der Waals surface area contributed by atoms with Crippen molar-refractivity contribution in [3.05, 3.63) is 22.6 Å². The standard InChI is InChI=1S/C12H15BrN2O2/c1-8-4-2-3-5-9(8)14-15-12(16)10-6-7-11(13)17-10/h6-8H,2-5H2,1H3,(H,15,16)/t8-/m0/s1. The van der Waals surface area contributed by atoms with E-state index in [1.165, 1.54) is 6.42 Å². The molecule has 17 heavy (non-hydrogen) atoms. The molecule has 0 aliphatic heterocycles. The highest BCUT2D eigenvalue weighted by Gasteiger charge is 2.17. The van der Waals surface area contributed by atoms with Crippen molar-refractivity contribution in [2.75, 3.05) is 0 Å². The Morgan fingerprint density at radius 3 is 3.00 bits per heavy atom. The van der Waals surface area contributed by atoms with Gasteiger partial charge in [0.25, 0.3) is 0 Å². The van der Waals surface area contributed by atoms with Crippen molar-refractivity contribution in [3.63, 3.8) is 0 Å². The van der Waals surface area contributed by atoms with Gasteiger partial charge >= 0.3 is 5.91 Å². The van der Waals surface area contributed by atoms with E-state index in [4.69, 9.17) is 4.42 Å². The summed E-state index contributed by atoms with van der Waals surface area (Å²) in [6.07, 6.45) is 4.54. The van der Waals surface area contributed by atoms with E-state index < -0.39 is 0 Å². The molecule has 1 amide bonds. The summed E-state index contributed by atoms with van der Waals surface area (Å²) in [7, 11) is 0. The molecule has 1 aliphatic carbocycles. The molecule has 4 nitrogen and oxygen atoms in total. The molecule has 1 aromatic rings. The lowest BCUT2D eigenvalue weighted by Crippen LogP contribution is -2.24. The minimum absolute atomic E-state index is 0.268. The lowest BCUT2D eigenvalue weighted by atomic mass is 9.89. The van der Waals surface area contributed by atoms with Gasteiger partial charge in [-0.25, -0.2) is 5.43 Å². The molecule has 0 spiro atoms. The van der Waals surface area contributed by atoms with Crippen LogP contribution >= 0.6 is 15.9 Å². The van der Waals surface area contributed by atoms with Crippen LogP contribution < -0.4 is 5.43 Å². The molecule has 0 bridgehead atoms. The lowest BCUT2D eigenvalue weighted by molar-refractivity contribution is 0.0925. The van der Waals surface area contributed by atoms with Crippen molar-refractivity contribution < 1.29 is 9.21 Å². The summed E-state index contributed by atoms with van der Waals surface area (Å²) < 4.78 is 5.69. The van der Waals surface area contributed by atoms with Crippen LogP contribution in [0.1, 0.15) is 43.2 Å². The molecule has 0 aromatic carbocycles. The predicted molar refractivity (Wildman–Crippen MR) is 68.9 cm³/mol. The maximum Gasteiger partial charge on any atom is 0.307 e. The van der Waals surface area contributed by atoms with E-state index in [0.717, 1.165) is 25.0 Å². The van der Waals surface area contributed by atoms with Gasteiger partial charge in [0.05, 0.1) is 0 Å². The topological polar surface area (TPSA) is 54.6 Å². The second kappa shape index (κ2) is 5.49. The third-order valence-electron chi connectivity index (χ3n) is 2.99. The first kappa shape index (κ1) is 12.4. The van der Waals surface area contributed by atoms with E-state index in [2.05, 4.69) is 33.4 Å². The van der Waals surface area contributed by atoms with Crippen molar-refractivity contribution in [2.45, 2.75) is 32.6 Å². The molecule has 1 aliphatic rings. The maximum absolute atomic E-state index is 11.7. The Morgan fingerprint density at radius 2 is 2.35 bits per heavy atom. The van der Waals surface area contributed by atoms with Gasteiger partial charge in [-0.3, -0.25) is 4.79 Å². The first-order valence-electron chi connectivity index (χ1n) is 5.79. The Labute approximate surface area is 109 Å².